The van der Waals surface area contributed by atoms with Gasteiger partial charge >= 0.3 is 0 Å². The summed E-state index contributed by atoms with van der Waals surface area (Å²) >= 11 is 0. The normalized spacial score (nSPS) is 10.3. The zero-order chi connectivity index (χ0) is 12.8. The summed E-state index contributed by atoms with van der Waals surface area (Å²) in [5, 5.41) is 14.9. The Hall–Kier alpha value is -2.11. The van der Waals surface area contributed by atoms with Crippen molar-refractivity contribution in [3.8, 4) is 5.75 Å². The van der Waals surface area contributed by atoms with Gasteiger partial charge in [-0.25, -0.2) is 4.68 Å². The third-order valence-electron chi connectivity index (χ3n) is 2.59. The largest absolute Gasteiger partial charge is 0.495 e. The van der Waals surface area contributed by atoms with E-state index in [1.807, 2.05) is 28.9 Å². The number of methoxy groups -OCH3 is 1. The highest BCUT2D eigenvalue weighted by Gasteiger charge is 2.06. The highest BCUT2D eigenvalue weighted by molar-refractivity contribution is 5.55. The fourth-order valence-electron chi connectivity index (χ4n) is 1.70. The molecule has 0 bridgehead atoms. The molecule has 0 fully saturated rings. The van der Waals surface area contributed by atoms with Crippen LogP contribution in [0.4, 0.5) is 5.69 Å². The minimum atomic E-state index is 0.577. The number of ether oxygens (including phenoxy) is 1. The lowest BCUT2D eigenvalue weighted by molar-refractivity contribution is 0.416. The Morgan fingerprint density at radius 3 is 2.94 bits per heavy atom. The van der Waals surface area contributed by atoms with Gasteiger partial charge in [0.05, 0.1) is 19.3 Å². The van der Waals surface area contributed by atoms with Crippen molar-refractivity contribution in [1.82, 2.24) is 20.2 Å². The quantitative estimate of drug-likeness (QED) is 0.841. The Bertz CT molecular complexity index is 497. The van der Waals surface area contributed by atoms with Gasteiger partial charge in [0.15, 0.2) is 5.82 Å². The van der Waals surface area contributed by atoms with Gasteiger partial charge in [-0.1, -0.05) is 19.1 Å². The van der Waals surface area contributed by atoms with Crippen LogP contribution in [0.25, 0.3) is 0 Å². The molecule has 0 amide bonds. The Balaban J connectivity index is 2.04. The summed E-state index contributed by atoms with van der Waals surface area (Å²) < 4.78 is 7.08. The minimum absolute atomic E-state index is 0.577. The van der Waals surface area contributed by atoms with Crippen LogP contribution >= 0.6 is 0 Å². The molecular weight excluding hydrogens is 230 g/mol. The van der Waals surface area contributed by atoms with E-state index in [1.54, 1.807) is 7.11 Å². The van der Waals surface area contributed by atoms with E-state index in [4.69, 9.17) is 4.74 Å². The van der Waals surface area contributed by atoms with Gasteiger partial charge in [-0.05, 0) is 29.0 Å². The van der Waals surface area contributed by atoms with E-state index in [-0.39, 0.29) is 0 Å². The molecule has 0 unspecified atom stereocenters. The molecule has 0 radical (unpaired) electrons. The third-order valence-corrected chi connectivity index (χ3v) is 2.59. The second-order valence-electron chi connectivity index (χ2n) is 3.87. The Morgan fingerprint density at radius 2 is 2.17 bits per heavy atom. The first-order chi connectivity index (χ1) is 8.85. The van der Waals surface area contributed by atoms with Gasteiger partial charge in [0.1, 0.15) is 5.75 Å². The summed E-state index contributed by atoms with van der Waals surface area (Å²) in [5.74, 6) is 1.63. The lowest BCUT2D eigenvalue weighted by atomic mass is 10.3. The van der Waals surface area contributed by atoms with E-state index in [1.165, 1.54) is 0 Å². The number of hydrogen-bond acceptors (Lipinski definition) is 5. The van der Waals surface area contributed by atoms with Crippen molar-refractivity contribution in [2.24, 2.45) is 0 Å². The van der Waals surface area contributed by atoms with Crippen LogP contribution in [0.1, 0.15) is 19.2 Å². The molecule has 0 aliphatic rings. The minimum Gasteiger partial charge on any atom is -0.495 e. The van der Waals surface area contributed by atoms with Gasteiger partial charge in [-0.2, -0.15) is 0 Å². The maximum atomic E-state index is 5.27. The summed E-state index contributed by atoms with van der Waals surface area (Å²) in [4.78, 5) is 0. The Kier molecular flexibility index (Phi) is 4.11. The highest BCUT2D eigenvalue weighted by Crippen LogP contribution is 2.23. The van der Waals surface area contributed by atoms with Gasteiger partial charge < -0.3 is 10.1 Å². The fraction of sp³-hybridized carbons (Fsp3) is 0.417. The molecular formula is C12H17N5O. The van der Waals surface area contributed by atoms with Crippen molar-refractivity contribution < 1.29 is 4.74 Å². The van der Waals surface area contributed by atoms with Crippen molar-refractivity contribution in [3.63, 3.8) is 0 Å². The van der Waals surface area contributed by atoms with E-state index in [9.17, 15) is 0 Å². The van der Waals surface area contributed by atoms with Crippen molar-refractivity contribution in [2.75, 3.05) is 12.4 Å². The fourth-order valence-corrected chi connectivity index (χ4v) is 1.70. The number of aromatic nitrogens is 4. The lowest BCUT2D eigenvalue weighted by Crippen LogP contribution is -2.10. The molecule has 1 aromatic carbocycles. The molecule has 0 aliphatic carbocycles. The molecule has 1 N–H and O–H groups in total. The van der Waals surface area contributed by atoms with Crippen molar-refractivity contribution in [2.45, 2.75) is 26.4 Å². The molecule has 6 heteroatoms. The standard InChI is InChI=1S/C12H17N5O/c1-3-8-17-12(14-15-16-17)9-13-10-6-4-5-7-11(10)18-2/h4-7,13H,3,8-9H2,1-2H3. The van der Waals surface area contributed by atoms with Gasteiger partial charge in [0.25, 0.3) is 0 Å². The molecule has 0 atom stereocenters. The molecule has 18 heavy (non-hydrogen) atoms. The average molecular weight is 247 g/mol. The predicted molar refractivity (Wildman–Crippen MR) is 68.4 cm³/mol. The zero-order valence-corrected chi connectivity index (χ0v) is 10.6. The maximum absolute atomic E-state index is 5.27. The molecule has 6 nitrogen and oxygen atoms in total. The topological polar surface area (TPSA) is 64.9 Å². The molecule has 2 aromatic rings. The number of rotatable bonds is 6. The first-order valence-corrected chi connectivity index (χ1v) is 5.97. The van der Waals surface area contributed by atoms with E-state index in [2.05, 4.69) is 27.8 Å². The number of para-hydroxylation sites is 2. The van der Waals surface area contributed by atoms with Crippen molar-refractivity contribution in [3.05, 3.63) is 30.1 Å². The third kappa shape index (κ3) is 2.77. The predicted octanol–water partition coefficient (Wildman–Crippen LogP) is 1.70. The Morgan fingerprint density at radius 1 is 1.33 bits per heavy atom. The molecule has 2 rings (SSSR count). The highest BCUT2D eigenvalue weighted by atomic mass is 16.5. The van der Waals surface area contributed by atoms with Crippen LogP contribution in [0, 0.1) is 0 Å². The molecule has 1 heterocycles. The Labute approximate surface area is 106 Å². The second kappa shape index (κ2) is 6.00. The van der Waals surface area contributed by atoms with Crippen LogP contribution in [0.15, 0.2) is 24.3 Å². The average Bonchev–Trinajstić information content (AvgIpc) is 2.84. The molecule has 0 saturated carbocycles. The number of nitrogens with zero attached hydrogens (tertiary/aromatic N) is 4. The molecule has 1 aromatic heterocycles. The van der Waals surface area contributed by atoms with Crippen LogP contribution in [-0.2, 0) is 13.1 Å². The summed E-state index contributed by atoms with van der Waals surface area (Å²) in [6.45, 7) is 3.50. The van der Waals surface area contributed by atoms with Crippen LogP contribution in [0.3, 0.4) is 0 Å². The number of aryl methyl sites for hydroxylation is 1. The van der Waals surface area contributed by atoms with Gasteiger partial charge in [0.2, 0.25) is 0 Å². The van der Waals surface area contributed by atoms with Crippen molar-refractivity contribution >= 4 is 5.69 Å². The van der Waals surface area contributed by atoms with Crippen LogP contribution < -0.4 is 10.1 Å². The van der Waals surface area contributed by atoms with E-state index >= 15 is 0 Å². The molecule has 0 aliphatic heterocycles. The zero-order valence-electron chi connectivity index (χ0n) is 10.6. The second-order valence-corrected chi connectivity index (χ2v) is 3.87. The van der Waals surface area contributed by atoms with Crippen LogP contribution in [0.5, 0.6) is 5.75 Å². The van der Waals surface area contributed by atoms with E-state index in [0.29, 0.717) is 6.54 Å². The van der Waals surface area contributed by atoms with Crippen LogP contribution in [-0.4, -0.2) is 27.3 Å². The van der Waals surface area contributed by atoms with Gasteiger partial charge in [-0.15, -0.1) is 5.10 Å². The summed E-state index contributed by atoms with van der Waals surface area (Å²) in [6, 6.07) is 7.77. The van der Waals surface area contributed by atoms with Gasteiger partial charge in [0, 0.05) is 6.54 Å². The first-order valence-electron chi connectivity index (χ1n) is 5.97. The lowest BCUT2D eigenvalue weighted by Gasteiger charge is -2.10. The summed E-state index contributed by atoms with van der Waals surface area (Å²) in [6.07, 6.45) is 1.01. The maximum Gasteiger partial charge on any atom is 0.170 e. The van der Waals surface area contributed by atoms with E-state index in [0.717, 1.165) is 30.2 Å². The number of hydrogen-bond donors (Lipinski definition) is 1. The SMILES string of the molecule is CCCn1nnnc1CNc1ccccc1OC. The van der Waals surface area contributed by atoms with Gasteiger partial charge in [-0.3, -0.25) is 0 Å². The monoisotopic (exact) mass is 247 g/mol. The number of tetrazole rings is 1. The number of nitrogens with one attached hydrogen (secondary N) is 1. The summed E-state index contributed by atoms with van der Waals surface area (Å²) in [5.41, 5.74) is 0.936. The smallest absolute Gasteiger partial charge is 0.170 e. The van der Waals surface area contributed by atoms with Crippen molar-refractivity contribution in [1.29, 1.82) is 0 Å². The number of benzene rings is 1. The molecule has 96 valence electrons. The molecule has 0 spiro atoms. The number of anilines is 1. The van der Waals surface area contributed by atoms with E-state index < -0.39 is 0 Å². The summed E-state index contributed by atoms with van der Waals surface area (Å²) in [7, 11) is 1.65. The van der Waals surface area contributed by atoms with Crippen LogP contribution in [0.2, 0.25) is 0 Å². The molecule has 0 saturated heterocycles. The first kappa shape index (κ1) is 12.3.